The molecule has 0 aliphatic rings. The van der Waals surface area contributed by atoms with E-state index in [1.807, 2.05) is 42.5 Å². The second-order valence-electron chi connectivity index (χ2n) is 6.18. The van der Waals surface area contributed by atoms with E-state index >= 15 is 0 Å². The van der Waals surface area contributed by atoms with Gasteiger partial charge in [-0.05, 0) is 36.1 Å². The number of benzene rings is 2. The van der Waals surface area contributed by atoms with Gasteiger partial charge in [-0.1, -0.05) is 51.0 Å². The van der Waals surface area contributed by atoms with E-state index in [-0.39, 0.29) is 160 Å². The summed E-state index contributed by atoms with van der Waals surface area (Å²) in [5.41, 5.74) is 3.25. The monoisotopic (exact) mass is 507 g/mol. The number of phenolic OH excluding ortho intramolecular Hbond substituents is 1. The quantitative estimate of drug-likeness (QED) is 0.268. The van der Waals surface area contributed by atoms with E-state index in [2.05, 4.69) is 24.0 Å². The van der Waals surface area contributed by atoms with Crippen molar-refractivity contribution < 1.29 is 179 Å². The minimum atomic E-state index is -5.39. The van der Waals surface area contributed by atoms with Gasteiger partial charge in [0.05, 0.1) is 0 Å². The van der Waals surface area contributed by atoms with E-state index in [4.69, 9.17) is 19.2 Å². The molecule has 0 saturated carbocycles. The summed E-state index contributed by atoms with van der Waals surface area (Å²) in [6.45, 7) is 4.34. The van der Waals surface area contributed by atoms with Crippen molar-refractivity contribution in [1.29, 1.82) is 0 Å². The summed E-state index contributed by atoms with van der Waals surface area (Å²) in [6, 6.07) is 13.5. The first-order valence-electron chi connectivity index (χ1n) is 8.58. The van der Waals surface area contributed by atoms with Gasteiger partial charge in [0, 0.05) is 0 Å². The molecular weight excluding hydrogens is 486 g/mol. The van der Waals surface area contributed by atoms with Gasteiger partial charge in [-0.25, -0.2) is 0 Å². The number of phosphoric acid groups is 1. The topological polar surface area (TPSA) is 137 Å². The molecule has 0 aliphatic carbocycles. The molecule has 3 rings (SSSR count). The predicted molar refractivity (Wildman–Crippen MR) is 96.1 cm³/mol. The fourth-order valence-corrected chi connectivity index (χ4v) is 2.74. The number of fused-ring (bicyclic) bond motifs is 1. The van der Waals surface area contributed by atoms with E-state index in [1.54, 1.807) is 0 Å². The van der Waals surface area contributed by atoms with E-state index in [0.29, 0.717) is 11.6 Å². The number of aromatic hydroxyl groups is 1. The van der Waals surface area contributed by atoms with Crippen LogP contribution < -0.4 is 169 Å². The molecule has 1 heterocycles. The van der Waals surface area contributed by atoms with Gasteiger partial charge < -0.3 is 24.4 Å². The molecule has 1 aromatic heterocycles. The zero-order chi connectivity index (χ0) is 20.0. The molecule has 1 unspecified atom stereocenters. The van der Waals surface area contributed by atoms with Crippen LogP contribution in [0.1, 0.15) is 44.6 Å². The maximum Gasteiger partial charge on any atom is 1.00 e. The Morgan fingerprint density at radius 1 is 1.00 bits per heavy atom. The van der Waals surface area contributed by atoms with Gasteiger partial charge in [-0.15, -0.1) is 15.0 Å². The normalized spacial score (nSPS) is 11.2. The zero-order valence-electron chi connectivity index (χ0n) is 18.1. The van der Waals surface area contributed by atoms with Gasteiger partial charge in [-0.3, -0.25) is 0 Å². The first-order valence-corrected chi connectivity index (χ1v) is 10.0. The summed E-state index contributed by atoms with van der Waals surface area (Å²) < 4.78 is 8.55. The van der Waals surface area contributed by atoms with Gasteiger partial charge in [-0.2, -0.15) is 7.82 Å². The van der Waals surface area contributed by atoms with Crippen LogP contribution in [0.15, 0.2) is 42.5 Å². The number of aromatic nitrogens is 3. The van der Waals surface area contributed by atoms with Gasteiger partial charge >= 0.3 is 154 Å². The molecule has 0 fully saturated rings. The second kappa shape index (κ2) is 17.1. The Morgan fingerprint density at radius 3 is 1.97 bits per heavy atom. The number of unbranched alkanes of at least 4 members (excludes halogenated alkanes) is 1. The van der Waals surface area contributed by atoms with Crippen molar-refractivity contribution in [2.75, 3.05) is 0 Å². The van der Waals surface area contributed by atoms with Crippen molar-refractivity contribution in [3.63, 3.8) is 0 Å². The smallest absolute Gasteiger partial charge is 0.822 e. The maximum absolute atomic E-state index is 10.6. The molecule has 0 amide bonds. The van der Waals surface area contributed by atoms with Crippen molar-refractivity contribution in [2.45, 2.75) is 39.0 Å². The van der Waals surface area contributed by atoms with Gasteiger partial charge in [0.25, 0.3) is 0 Å². The number of hydrogen-bond donors (Lipinski definition) is 1. The fourth-order valence-electron chi connectivity index (χ4n) is 2.74. The predicted octanol–water partition coefficient (Wildman–Crippen LogP) is -7.39. The molecule has 30 heavy (non-hydrogen) atoms. The zero-order valence-corrected chi connectivity index (χ0v) is 28.4. The minimum absolute atomic E-state index is 0. The molecule has 1 N–H and O–H groups in total. The molecule has 146 valence electrons. The van der Waals surface area contributed by atoms with E-state index in [9.17, 15) is 5.11 Å². The van der Waals surface area contributed by atoms with Crippen LogP contribution in [0.4, 0.5) is 0 Å². The van der Waals surface area contributed by atoms with E-state index in [0.717, 1.165) is 35.9 Å². The Bertz CT molecular complexity index is 910. The van der Waals surface area contributed by atoms with Crippen molar-refractivity contribution in [3.8, 4) is 11.4 Å². The Morgan fingerprint density at radius 2 is 1.50 bits per heavy atom. The molecule has 2 aromatic carbocycles. The number of hydrogen-bond acceptors (Lipinski definition) is 7. The molecule has 0 bridgehead atoms. The molecule has 12 heteroatoms. The first-order chi connectivity index (χ1) is 12.7. The Kier molecular flexibility index (Phi) is 19.9. The van der Waals surface area contributed by atoms with E-state index < -0.39 is 7.82 Å². The van der Waals surface area contributed by atoms with Crippen LogP contribution in [0.25, 0.3) is 16.7 Å². The third-order valence-electron chi connectivity index (χ3n) is 4.07. The van der Waals surface area contributed by atoms with Crippen LogP contribution >= 0.6 is 7.82 Å². The summed E-state index contributed by atoms with van der Waals surface area (Å²) in [5.74, 6) is 0.608. The van der Waals surface area contributed by atoms with Gasteiger partial charge in [0.15, 0.2) is 0 Å². The van der Waals surface area contributed by atoms with Crippen molar-refractivity contribution in [3.05, 3.63) is 48.0 Å². The summed E-state index contributed by atoms with van der Waals surface area (Å²) in [5, 5.41) is 19.5. The third-order valence-corrected chi connectivity index (χ3v) is 4.07. The van der Waals surface area contributed by atoms with Gasteiger partial charge in [0.2, 0.25) is 0 Å². The molecule has 1 atom stereocenters. The standard InChI is InChI=1S/C18H21N3O.3K.H3O4P/c1-3-4-8-13(2)14-9-7-12-17(18(14)22)21-19-15-10-5-6-11-16(15)20-21;;;;1-5(2,3)4/h5-7,9-13,22H,3-4,8H2,1-2H3;;;;(H3,1,2,3,4)/q;3*+1;/p-3. The summed E-state index contributed by atoms with van der Waals surface area (Å²) in [6.07, 6.45) is 3.40. The largest absolute Gasteiger partial charge is 1.00 e. The molecule has 0 radical (unpaired) electrons. The molecule has 0 aliphatic heterocycles. The van der Waals surface area contributed by atoms with Crippen LogP contribution in [-0.2, 0) is 4.57 Å². The average Bonchev–Trinajstić information content (AvgIpc) is 3.02. The van der Waals surface area contributed by atoms with Gasteiger partial charge in [0.1, 0.15) is 22.5 Å². The SMILES string of the molecule is CCCCC(C)c1cccc(-n2nc3ccccc3n2)c1O.O=P([O-])([O-])[O-].[K+].[K+].[K+]. The first kappa shape index (κ1) is 34.8. The minimum Gasteiger partial charge on any atom is -0.822 e. The number of phenols is 1. The fraction of sp³-hybridized carbons (Fsp3) is 0.333. The molecule has 0 saturated heterocycles. The van der Waals surface area contributed by atoms with Crippen LogP contribution in [0.2, 0.25) is 0 Å². The molecular formula is C18H21K3N3O5P. The second-order valence-corrected chi connectivity index (χ2v) is 7.08. The summed E-state index contributed by atoms with van der Waals surface area (Å²) >= 11 is 0. The summed E-state index contributed by atoms with van der Waals surface area (Å²) in [4.78, 5) is 27.2. The molecule has 3 aromatic rings. The Balaban J connectivity index is 0. The van der Waals surface area contributed by atoms with Crippen LogP contribution in [0.5, 0.6) is 5.75 Å². The van der Waals surface area contributed by atoms with Crippen LogP contribution in [0.3, 0.4) is 0 Å². The molecule has 0 spiro atoms. The Labute approximate surface area is 304 Å². The third kappa shape index (κ3) is 11.9. The van der Waals surface area contributed by atoms with E-state index in [1.165, 1.54) is 4.80 Å². The number of rotatable bonds is 5. The van der Waals surface area contributed by atoms with Crippen LogP contribution in [0, 0.1) is 0 Å². The average molecular weight is 508 g/mol. The molecule has 8 nitrogen and oxygen atoms in total. The van der Waals surface area contributed by atoms with Crippen molar-refractivity contribution >= 4 is 18.9 Å². The number of nitrogens with zero attached hydrogens (tertiary/aromatic N) is 3. The van der Waals surface area contributed by atoms with Crippen molar-refractivity contribution in [2.24, 2.45) is 0 Å². The Hall–Kier alpha value is 2.66. The maximum atomic E-state index is 10.6. The van der Waals surface area contributed by atoms with Crippen LogP contribution in [-0.4, -0.2) is 20.1 Å². The number of para-hydroxylation sites is 1. The van der Waals surface area contributed by atoms with Crippen molar-refractivity contribution in [1.82, 2.24) is 15.0 Å². The summed E-state index contributed by atoms with van der Waals surface area (Å²) in [7, 11) is -5.39.